The van der Waals surface area contributed by atoms with E-state index in [9.17, 15) is 4.79 Å². The molecule has 6 nitrogen and oxygen atoms in total. The van der Waals surface area contributed by atoms with Crippen molar-refractivity contribution < 1.29 is 4.79 Å². The van der Waals surface area contributed by atoms with Crippen LogP contribution in [0.5, 0.6) is 0 Å². The fourth-order valence-corrected chi connectivity index (χ4v) is 3.84. The smallest absolute Gasteiger partial charge is 0.254 e. The van der Waals surface area contributed by atoms with Crippen molar-refractivity contribution in [2.24, 2.45) is 0 Å². The van der Waals surface area contributed by atoms with Gasteiger partial charge in [-0.2, -0.15) is 4.98 Å². The Morgan fingerprint density at radius 2 is 1.93 bits per heavy atom. The summed E-state index contributed by atoms with van der Waals surface area (Å²) in [5.74, 6) is 1.51. The van der Waals surface area contributed by atoms with Crippen LogP contribution in [0.25, 0.3) is 11.4 Å². The van der Waals surface area contributed by atoms with Crippen molar-refractivity contribution in [1.82, 2.24) is 19.7 Å². The summed E-state index contributed by atoms with van der Waals surface area (Å²) in [5, 5.41) is 4.75. The highest BCUT2D eigenvalue weighted by Crippen LogP contribution is 2.24. The van der Waals surface area contributed by atoms with E-state index in [1.165, 1.54) is 5.56 Å². The fraction of sp³-hybridized carbons (Fsp3) is 0.348. The molecule has 0 N–H and O–H groups in total. The molecule has 0 spiro atoms. The van der Waals surface area contributed by atoms with Crippen LogP contribution >= 0.6 is 0 Å². The highest BCUT2D eigenvalue weighted by molar-refractivity contribution is 5.95. The number of carbonyl (C=O) groups excluding carboxylic acids is 1. The van der Waals surface area contributed by atoms with Crippen LogP contribution < -0.4 is 4.90 Å². The number of likely N-dealkylation sites (tertiary alicyclic amines) is 1. The monoisotopic (exact) mass is 389 g/mol. The molecule has 1 aliphatic rings. The molecule has 150 valence electrons. The molecule has 1 aliphatic heterocycles. The zero-order valence-corrected chi connectivity index (χ0v) is 17.2. The molecule has 2 aromatic carbocycles. The van der Waals surface area contributed by atoms with Gasteiger partial charge in [-0.05, 0) is 37.5 Å². The van der Waals surface area contributed by atoms with E-state index in [-0.39, 0.29) is 5.91 Å². The van der Waals surface area contributed by atoms with Gasteiger partial charge in [0.15, 0.2) is 5.82 Å². The number of amides is 1. The Labute approximate surface area is 171 Å². The lowest BCUT2D eigenvalue weighted by Crippen LogP contribution is -2.33. The number of aromatic nitrogens is 3. The molecule has 6 heteroatoms. The number of nitrogens with zero attached hydrogens (tertiary/aromatic N) is 5. The van der Waals surface area contributed by atoms with Crippen LogP contribution in [-0.2, 0) is 6.54 Å². The molecule has 29 heavy (non-hydrogen) atoms. The van der Waals surface area contributed by atoms with Gasteiger partial charge in [-0.1, -0.05) is 42.5 Å². The minimum Gasteiger partial charge on any atom is -0.347 e. The van der Waals surface area contributed by atoms with E-state index in [1.54, 1.807) is 0 Å². The molecule has 0 aliphatic carbocycles. The lowest BCUT2D eigenvalue weighted by Gasteiger charge is -2.21. The van der Waals surface area contributed by atoms with Crippen LogP contribution in [-0.4, -0.2) is 52.3 Å². The third kappa shape index (κ3) is 4.01. The Morgan fingerprint density at radius 3 is 2.62 bits per heavy atom. The van der Waals surface area contributed by atoms with Gasteiger partial charge >= 0.3 is 0 Å². The molecular formula is C23H27N5O. The van der Waals surface area contributed by atoms with Crippen LogP contribution in [0.3, 0.4) is 0 Å². The van der Waals surface area contributed by atoms with Crippen LogP contribution in [0.1, 0.15) is 35.7 Å². The molecule has 1 atom stereocenters. The maximum Gasteiger partial charge on any atom is 0.254 e. The Bertz CT molecular complexity index is 996. The zero-order valence-electron chi connectivity index (χ0n) is 17.2. The Balaban J connectivity index is 1.64. The van der Waals surface area contributed by atoms with Gasteiger partial charge in [0.05, 0.1) is 6.54 Å². The van der Waals surface area contributed by atoms with Crippen molar-refractivity contribution in [3.05, 3.63) is 65.7 Å². The predicted octanol–water partition coefficient (Wildman–Crippen LogP) is 3.68. The SMILES string of the molecule is CC1CCCN1C(=O)c1cccc(-c2nc(N(C)C)n(Cc3ccccc3)n2)c1. The Hall–Kier alpha value is -3.15. The van der Waals surface area contributed by atoms with Gasteiger partial charge in [-0.25, -0.2) is 4.68 Å². The summed E-state index contributed by atoms with van der Waals surface area (Å²) in [6, 6.07) is 18.2. The second-order valence-corrected chi connectivity index (χ2v) is 7.84. The standard InChI is InChI=1S/C23H27N5O/c1-17-9-8-14-27(17)22(29)20-13-7-12-19(15-20)21-24-23(26(2)3)28(25-21)16-18-10-5-4-6-11-18/h4-7,10-13,15,17H,8-9,14,16H2,1-3H3. The molecule has 1 aromatic heterocycles. The molecule has 1 fully saturated rings. The van der Waals surface area contributed by atoms with E-state index >= 15 is 0 Å². The summed E-state index contributed by atoms with van der Waals surface area (Å²) in [6.45, 7) is 3.59. The number of benzene rings is 2. The van der Waals surface area contributed by atoms with E-state index in [2.05, 4.69) is 19.1 Å². The number of anilines is 1. The van der Waals surface area contributed by atoms with Crippen molar-refractivity contribution in [3.63, 3.8) is 0 Å². The maximum atomic E-state index is 12.9. The van der Waals surface area contributed by atoms with Crippen LogP contribution in [0.4, 0.5) is 5.95 Å². The second-order valence-electron chi connectivity index (χ2n) is 7.84. The van der Waals surface area contributed by atoms with Crippen molar-refractivity contribution in [1.29, 1.82) is 0 Å². The highest BCUT2D eigenvalue weighted by Gasteiger charge is 2.26. The van der Waals surface area contributed by atoms with E-state index in [4.69, 9.17) is 10.1 Å². The largest absolute Gasteiger partial charge is 0.347 e. The van der Waals surface area contributed by atoms with Crippen molar-refractivity contribution in [3.8, 4) is 11.4 Å². The molecule has 0 radical (unpaired) electrons. The van der Waals surface area contributed by atoms with E-state index < -0.39 is 0 Å². The Kier molecular flexibility index (Phi) is 5.34. The molecule has 2 heterocycles. The number of hydrogen-bond donors (Lipinski definition) is 0. The maximum absolute atomic E-state index is 12.9. The number of hydrogen-bond acceptors (Lipinski definition) is 4. The average Bonchev–Trinajstić information content (AvgIpc) is 3.35. The zero-order chi connectivity index (χ0) is 20.4. The normalized spacial score (nSPS) is 16.2. The molecule has 1 unspecified atom stereocenters. The van der Waals surface area contributed by atoms with E-state index in [0.29, 0.717) is 24.0 Å². The third-order valence-electron chi connectivity index (χ3n) is 5.41. The molecule has 0 saturated carbocycles. The molecule has 0 bridgehead atoms. The van der Waals surface area contributed by atoms with Crippen molar-refractivity contribution in [2.75, 3.05) is 25.5 Å². The van der Waals surface area contributed by atoms with Crippen molar-refractivity contribution in [2.45, 2.75) is 32.4 Å². The summed E-state index contributed by atoms with van der Waals surface area (Å²) in [5.41, 5.74) is 2.72. The first-order chi connectivity index (χ1) is 14.0. The fourth-order valence-electron chi connectivity index (χ4n) is 3.84. The van der Waals surface area contributed by atoms with Gasteiger partial charge in [0.2, 0.25) is 5.95 Å². The van der Waals surface area contributed by atoms with E-state index in [1.807, 2.05) is 71.0 Å². The summed E-state index contributed by atoms with van der Waals surface area (Å²) in [4.78, 5) is 21.6. The van der Waals surface area contributed by atoms with Crippen molar-refractivity contribution >= 4 is 11.9 Å². The Morgan fingerprint density at radius 1 is 1.14 bits per heavy atom. The third-order valence-corrected chi connectivity index (χ3v) is 5.41. The summed E-state index contributed by atoms with van der Waals surface area (Å²) >= 11 is 0. The first-order valence-electron chi connectivity index (χ1n) is 10.1. The topological polar surface area (TPSA) is 54.3 Å². The lowest BCUT2D eigenvalue weighted by atomic mass is 10.1. The highest BCUT2D eigenvalue weighted by atomic mass is 16.2. The minimum atomic E-state index is 0.0911. The molecule has 1 amide bonds. The summed E-state index contributed by atoms with van der Waals surface area (Å²) < 4.78 is 1.90. The van der Waals surface area contributed by atoms with Gasteiger partial charge in [0, 0.05) is 37.8 Å². The van der Waals surface area contributed by atoms with Gasteiger partial charge in [-0.15, -0.1) is 5.10 Å². The summed E-state index contributed by atoms with van der Waals surface area (Å²) in [7, 11) is 3.92. The first kappa shape index (κ1) is 19.2. The van der Waals surface area contributed by atoms with Gasteiger partial charge in [0.1, 0.15) is 0 Å². The van der Waals surface area contributed by atoms with Crippen LogP contribution in [0, 0.1) is 0 Å². The lowest BCUT2D eigenvalue weighted by molar-refractivity contribution is 0.0747. The molecule has 1 saturated heterocycles. The van der Waals surface area contributed by atoms with Gasteiger partial charge in [-0.3, -0.25) is 4.79 Å². The van der Waals surface area contributed by atoms with Gasteiger partial charge in [0.25, 0.3) is 5.91 Å². The molecular weight excluding hydrogens is 362 g/mol. The second kappa shape index (κ2) is 8.07. The quantitative estimate of drug-likeness (QED) is 0.668. The minimum absolute atomic E-state index is 0.0911. The van der Waals surface area contributed by atoms with Crippen LogP contribution in [0.2, 0.25) is 0 Å². The number of rotatable bonds is 5. The van der Waals surface area contributed by atoms with Gasteiger partial charge < -0.3 is 9.80 Å². The number of carbonyl (C=O) groups is 1. The predicted molar refractivity (Wildman–Crippen MR) is 115 cm³/mol. The average molecular weight is 390 g/mol. The molecule has 3 aromatic rings. The summed E-state index contributed by atoms with van der Waals surface area (Å²) in [6.07, 6.45) is 2.15. The molecule has 4 rings (SSSR count). The first-order valence-corrected chi connectivity index (χ1v) is 10.1. The van der Waals surface area contributed by atoms with Crippen LogP contribution in [0.15, 0.2) is 54.6 Å². The van der Waals surface area contributed by atoms with E-state index in [0.717, 1.165) is 30.9 Å².